The molecule has 1 unspecified atom stereocenters. The third-order valence-corrected chi connectivity index (χ3v) is 3.46. The first-order chi connectivity index (χ1) is 8.29. The molecule has 1 aromatic carbocycles. The molecule has 2 rings (SSSR count). The van der Waals surface area contributed by atoms with E-state index in [4.69, 9.17) is 0 Å². The van der Waals surface area contributed by atoms with E-state index in [0.29, 0.717) is 6.04 Å². The molecule has 3 nitrogen and oxygen atoms in total. The summed E-state index contributed by atoms with van der Waals surface area (Å²) in [5.74, 6) is 0. The molecule has 0 aromatic heterocycles. The van der Waals surface area contributed by atoms with Crippen molar-refractivity contribution in [1.82, 2.24) is 15.1 Å². The van der Waals surface area contributed by atoms with Gasteiger partial charge in [0.15, 0.2) is 0 Å². The summed E-state index contributed by atoms with van der Waals surface area (Å²) in [7, 11) is 2.01. The minimum absolute atomic E-state index is 0.636. The van der Waals surface area contributed by atoms with Crippen LogP contribution in [0.4, 0.5) is 0 Å². The van der Waals surface area contributed by atoms with Gasteiger partial charge in [0, 0.05) is 38.9 Å². The van der Waals surface area contributed by atoms with Gasteiger partial charge >= 0.3 is 0 Å². The van der Waals surface area contributed by atoms with Crippen molar-refractivity contribution >= 4 is 0 Å². The summed E-state index contributed by atoms with van der Waals surface area (Å²) < 4.78 is 0. The van der Waals surface area contributed by atoms with Gasteiger partial charge in [-0.05, 0) is 19.5 Å². The van der Waals surface area contributed by atoms with Crippen molar-refractivity contribution in [3.8, 4) is 0 Å². The summed E-state index contributed by atoms with van der Waals surface area (Å²) in [6.07, 6.45) is 0. The van der Waals surface area contributed by atoms with Gasteiger partial charge in [-0.3, -0.25) is 9.80 Å². The zero-order chi connectivity index (χ0) is 12.1. The van der Waals surface area contributed by atoms with Crippen molar-refractivity contribution in [3.05, 3.63) is 35.9 Å². The van der Waals surface area contributed by atoms with E-state index in [-0.39, 0.29) is 0 Å². The molecule has 1 aliphatic heterocycles. The lowest BCUT2D eigenvalue weighted by atomic mass is 10.1. The zero-order valence-electron chi connectivity index (χ0n) is 10.9. The van der Waals surface area contributed by atoms with E-state index >= 15 is 0 Å². The summed E-state index contributed by atoms with van der Waals surface area (Å²) in [5, 5.41) is 3.23. The lowest BCUT2D eigenvalue weighted by Gasteiger charge is -2.39. The van der Waals surface area contributed by atoms with Crippen molar-refractivity contribution in [3.63, 3.8) is 0 Å². The maximum atomic E-state index is 3.23. The molecule has 1 aromatic rings. The van der Waals surface area contributed by atoms with Crippen molar-refractivity contribution in [2.75, 3.05) is 33.4 Å². The molecule has 0 saturated carbocycles. The van der Waals surface area contributed by atoms with Crippen LogP contribution in [0.2, 0.25) is 0 Å². The number of piperazine rings is 1. The summed E-state index contributed by atoms with van der Waals surface area (Å²) >= 11 is 0. The van der Waals surface area contributed by atoms with Crippen LogP contribution < -0.4 is 5.32 Å². The van der Waals surface area contributed by atoms with Gasteiger partial charge in [0.1, 0.15) is 0 Å². The molecule has 17 heavy (non-hydrogen) atoms. The Labute approximate surface area is 104 Å². The van der Waals surface area contributed by atoms with Crippen molar-refractivity contribution < 1.29 is 0 Å². The zero-order valence-corrected chi connectivity index (χ0v) is 10.9. The highest BCUT2D eigenvalue weighted by Crippen LogP contribution is 2.13. The summed E-state index contributed by atoms with van der Waals surface area (Å²) in [6, 6.07) is 11.4. The van der Waals surface area contributed by atoms with Gasteiger partial charge in [0.05, 0.1) is 0 Å². The Morgan fingerprint density at radius 1 is 1.24 bits per heavy atom. The summed E-state index contributed by atoms with van der Waals surface area (Å²) in [5.41, 5.74) is 1.42. The van der Waals surface area contributed by atoms with E-state index < -0.39 is 0 Å². The first-order valence-electron chi connectivity index (χ1n) is 6.44. The molecule has 0 spiro atoms. The molecular weight excluding hydrogens is 210 g/mol. The maximum Gasteiger partial charge on any atom is 0.0479 e. The molecule has 3 heteroatoms. The lowest BCUT2D eigenvalue weighted by molar-refractivity contribution is 0.0742. The van der Waals surface area contributed by atoms with E-state index in [0.717, 1.165) is 32.8 Å². The fourth-order valence-electron chi connectivity index (χ4n) is 2.49. The first-order valence-corrected chi connectivity index (χ1v) is 6.44. The van der Waals surface area contributed by atoms with Crippen LogP contribution in [0.25, 0.3) is 0 Å². The Balaban J connectivity index is 1.87. The van der Waals surface area contributed by atoms with Crippen molar-refractivity contribution in [2.24, 2.45) is 0 Å². The Kier molecular flexibility index (Phi) is 4.54. The van der Waals surface area contributed by atoms with Crippen LogP contribution >= 0.6 is 0 Å². The van der Waals surface area contributed by atoms with Crippen LogP contribution in [0.1, 0.15) is 12.5 Å². The standard InChI is InChI=1S/C14H23N3/c1-13-10-16(12-15-2)8-9-17(13)11-14-6-4-3-5-7-14/h3-7,13,15H,8-12H2,1-2H3. The highest BCUT2D eigenvalue weighted by Gasteiger charge is 2.22. The average Bonchev–Trinajstić information content (AvgIpc) is 2.34. The minimum atomic E-state index is 0.636. The second-order valence-corrected chi connectivity index (χ2v) is 4.89. The molecule has 94 valence electrons. The van der Waals surface area contributed by atoms with Crippen molar-refractivity contribution in [1.29, 1.82) is 0 Å². The maximum absolute atomic E-state index is 3.23. The number of nitrogens with one attached hydrogen (secondary N) is 1. The van der Waals surface area contributed by atoms with Crippen LogP contribution in [-0.4, -0.2) is 49.2 Å². The topological polar surface area (TPSA) is 18.5 Å². The Morgan fingerprint density at radius 3 is 2.65 bits per heavy atom. The van der Waals surface area contributed by atoms with Crippen molar-refractivity contribution in [2.45, 2.75) is 19.5 Å². The smallest absolute Gasteiger partial charge is 0.0479 e. The molecule has 1 N–H and O–H groups in total. The molecule has 0 bridgehead atoms. The van der Waals surface area contributed by atoms with Crippen LogP contribution in [0.3, 0.4) is 0 Å². The van der Waals surface area contributed by atoms with E-state index in [2.05, 4.69) is 52.4 Å². The third-order valence-electron chi connectivity index (χ3n) is 3.46. The Morgan fingerprint density at radius 2 is 2.00 bits per heavy atom. The van der Waals surface area contributed by atoms with Crippen LogP contribution in [0.5, 0.6) is 0 Å². The molecule has 0 radical (unpaired) electrons. The quantitative estimate of drug-likeness (QED) is 0.847. The van der Waals surface area contributed by atoms with Crippen LogP contribution in [0, 0.1) is 0 Å². The molecular formula is C14H23N3. The van der Waals surface area contributed by atoms with Gasteiger partial charge in [-0.25, -0.2) is 0 Å². The van der Waals surface area contributed by atoms with Gasteiger partial charge in [-0.1, -0.05) is 30.3 Å². The molecule has 1 atom stereocenters. The fourth-order valence-corrected chi connectivity index (χ4v) is 2.49. The average molecular weight is 233 g/mol. The number of rotatable bonds is 4. The molecule has 1 aliphatic rings. The summed E-state index contributed by atoms with van der Waals surface area (Å²) in [4.78, 5) is 5.05. The molecule has 1 heterocycles. The van der Waals surface area contributed by atoms with Gasteiger partial charge < -0.3 is 5.32 Å². The SMILES string of the molecule is CNCN1CCN(Cc2ccccc2)C(C)C1. The number of benzene rings is 1. The van der Waals surface area contributed by atoms with Crippen LogP contribution in [0.15, 0.2) is 30.3 Å². The third kappa shape index (κ3) is 3.53. The van der Waals surface area contributed by atoms with Crippen LogP contribution in [-0.2, 0) is 6.54 Å². The van der Waals surface area contributed by atoms with Gasteiger partial charge in [0.2, 0.25) is 0 Å². The molecule has 0 aliphatic carbocycles. The molecule has 1 fully saturated rings. The van der Waals surface area contributed by atoms with E-state index in [1.54, 1.807) is 0 Å². The first kappa shape index (κ1) is 12.6. The highest BCUT2D eigenvalue weighted by atomic mass is 15.3. The lowest BCUT2D eigenvalue weighted by Crippen LogP contribution is -2.53. The van der Waals surface area contributed by atoms with E-state index in [1.165, 1.54) is 5.56 Å². The Hall–Kier alpha value is -0.900. The monoisotopic (exact) mass is 233 g/mol. The largest absolute Gasteiger partial charge is 0.307 e. The number of nitrogens with zero attached hydrogens (tertiary/aromatic N) is 2. The highest BCUT2D eigenvalue weighted by molar-refractivity contribution is 5.14. The fraction of sp³-hybridized carbons (Fsp3) is 0.571. The summed E-state index contributed by atoms with van der Waals surface area (Å²) in [6.45, 7) is 7.90. The predicted octanol–water partition coefficient (Wildman–Crippen LogP) is 1.37. The Bertz CT molecular complexity index is 325. The van der Waals surface area contributed by atoms with Gasteiger partial charge in [-0.2, -0.15) is 0 Å². The van der Waals surface area contributed by atoms with E-state index in [9.17, 15) is 0 Å². The number of hydrogen-bond donors (Lipinski definition) is 1. The molecule has 1 saturated heterocycles. The second-order valence-electron chi connectivity index (χ2n) is 4.89. The van der Waals surface area contributed by atoms with E-state index in [1.807, 2.05) is 7.05 Å². The second kappa shape index (κ2) is 6.15. The number of hydrogen-bond acceptors (Lipinski definition) is 3. The predicted molar refractivity (Wildman–Crippen MR) is 71.8 cm³/mol. The van der Waals surface area contributed by atoms with Gasteiger partial charge in [0.25, 0.3) is 0 Å². The van der Waals surface area contributed by atoms with Gasteiger partial charge in [-0.15, -0.1) is 0 Å². The molecule has 0 amide bonds. The minimum Gasteiger partial charge on any atom is -0.307 e. The normalized spacial score (nSPS) is 22.8.